The maximum Gasteiger partial charge on any atom is 0.159 e. The second-order valence-electron chi connectivity index (χ2n) is 12.9. The molecule has 0 N–H and O–H groups in total. The summed E-state index contributed by atoms with van der Waals surface area (Å²) in [5.74, 6) is 0. The zero-order chi connectivity index (χ0) is 33.7. The van der Waals surface area contributed by atoms with Gasteiger partial charge in [0.1, 0.15) is 5.58 Å². The lowest BCUT2D eigenvalue weighted by molar-refractivity contribution is 0.669. The van der Waals surface area contributed by atoms with E-state index >= 15 is 0 Å². The molecule has 0 saturated carbocycles. The second kappa shape index (κ2) is 12.2. The average Bonchev–Trinajstić information content (AvgIpc) is 3.78. The summed E-state index contributed by atoms with van der Waals surface area (Å²) < 4.78 is 9.28. The summed E-state index contributed by atoms with van der Waals surface area (Å²) >= 11 is 1.86. The third-order valence-corrected chi connectivity index (χ3v) is 11.0. The van der Waals surface area contributed by atoms with E-state index in [0.29, 0.717) is 0 Å². The van der Waals surface area contributed by atoms with Gasteiger partial charge in [0.15, 0.2) is 5.58 Å². The zero-order valence-corrected chi connectivity index (χ0v) is 28.5. The minimum absolute atomic E-state index is 0.864. The molecule has 0 radical (unpaired) electrons. The lowest BCUT2D eigenvalue weighted by atomic mass is 9.94. The van der Waals surface area contributed by atoms with E-state index in [4.69, 9.17) is 4.42 Å². The van der Waals surface area contributed by atoms with Crippen LogP contribution in [0.3, 0.4) is 0 Å². The van der Waals surface area contributed by atoms with Crippen molar-refractivity contribution in [1.82, 2.24) is 0 Å². The van der Waals surface area contributed by atoms with Gasteiger partial charge in [0, 0.05) is 42.3 Å². The Hall–Kier alpha value is -6.42. The SMILES string of the molecule is c1ccc(-c2ccc(N(c3cc(-c4ccccc4)cc(-c4cccc5sc6ccccc6c45)c3)c3cccc4c3oc3ccccc34)cc2)cc1. The largest absolute Gasteiger partial charge is 0.454 e. The van der Waals surface area contributed by atoms with E-state index in [0.717, 1.165) is 44.6 Å². The molecule has 2 aromatic heterocycles. The maximum atomic E-state index is 6.69. The first kappa shape index (κ1) is 29.5. The Kier molecular flexibility index (Phi) is 7.04. The molecule has 51 heavy (non-hydrogen) atoms. The van der Waals surface area contributed by atoms with Crippen LogP contribution in [0.25, 0.3) is 75.5 Å². The highest BCUT2D eigenvalue weighted by Gasteiger charge is 2.22. The quantitative estimate of drug-likeness (QED) is 0.175. The Morgan fingerprint density at radius 2 is 1.00 bits per heavy atom. The topological polar surface area (TPSA) is 16.4 Å². The molecule has 10 aromatic rings. The fraction of sp³-hybridized carbons (Fsp3) is 0. The third kappa shape index (κ3) is 5.10. The smallest absolute Gasteiger partial charge is 0.159 e. The molecule has 0 spiro atoms. The summed E-state index contributed by atoms with van der Waals surface area (Å²) in [6, 6.07) is 67.4. The molecular weight excluding hydrogens is 639 g/mol. The van der Waals surface area contributed by atoms with Crippen LogP contribution in [0.4, 0.5) is 17.1 Å². The van der Waals surface area contributed by atoms with E-state index in [1.165, 1.54) is 48.0 Å². The number of anilines is 3. The van der Waals surface area contributed by atoms with E-state index < -0.39 is 0 Å². The molecule has 0 aliphatic carbocycles. The highest BCUT2D eigenvalue weighted by atomic mass is 32.1. The summed E-state index contributed by atoms with van der Waals surface area (Å²) in [5.41, 5.74) is 11.9. The molecule has 2 nitrogen and oxygen atoms in total. The number of thiophene rings is 1. The summed E-state index contributed by atoms with van der Waals surface area (Å²) in [4.78, 5) is 2.36. The molecule has 10 rings (SSSR count). The highest BCUT2D eigenvalue weighted by molar-refractivity contribution is 7.25. The number of hydrogen-bond acceptors (Lipinski definition) is 3. The van der Waals surface area contributed by atoms with Crippen LogP contribution < -0.4 is 4.90 Å². The van der Waals surface area contributed by atoms with Crippen LogP contribution >= 0.6 is 11.3 Å². The summed E-state index contributed by atoms with van der Waals surface area (Å²) in [5, 5.41) is 4.80. The molecule has 0 aliphatic heterocycles. The fourth-order valence-electron chi connectivity index (χ4n) is 7.48. The maximum absolute atomic E-state index is 6.69. The van der Waals surface area contributed by atoms with E-state index in [-0.39, 0.29) is 0 Å². The minimum Gasteiger partial charge on any atom is -0.454 e. The van der Waals surface area contributed by atoms with Gasteiger partial charge in [-0.1, -0.05) is 133 Å². The van der Waals surface area contributed by atoms with Crippen LogP contribution in [0, 0.1) is 0 Å². The Balaban J connectivity index is 1.25. The predicted molar refractivity (Wildman–Crippen MR) is 218 cm³/mol. The molecule has 0 amide bonds. The predicted octanol–water partition coefficient (Wildman–Crippen LogP) is 14.4. The van der Waals surface area contributed by atoms with Gasteiger partial charge in [-0.05, 0) is 88.0 Å². The molecule has 0 bridgehead atoms. The summed E-state index contributed by atoms with van der Waals surface area (Å²) in [6.45, 7) is 0. The molecule has 0 atom stereocenters. The van der Waals surface area contributed by atoms with E-state index in [2.05, 4.69) is 187 Å². The highest BCUT2D eigenvalue weighted by Crippen LogP contribution is 2.46. The Morgan fingerprint density at radius 1 is 0.392 bits per heavy atom. The normalized spacial score (nSPS) is 11.5. The first-order valence-corrected chi connectivity index (χ1v) is 18.1. The number of furan rings is 1. The van der Waals surface area contributed by atoms with Gasteiger partial charge in [-0.2, -0.15) is 0 Å². The molecule has 240 valence electrons. The van der Waals surface area contributed by atoms with Gasteiger partial charge in [0.2, 0.25) is 0 Å². The van der Waals surface area contributed by atoms with E-state index in [9.17, 15) is 0 Å². The number of fused-ring (bicyclic) bond motifs is 6. The Bertz CT molecular complexity index is 2850. The Labute approximate surface area is 300 Å². The van der Waals surface area contributed by atoms with Crippen LogP contribution in [0.15, 0.2) is 192 Å². The molecule has 3 heteroatoms. The first-order valence-electron chi connectivity index (χ1n) is 17.3. The van der Waals surface area contributed by atoms with Gasteiger partial charge in [0.05, 0.1) is 5.69 Å². The minimum atomic E-state index is 0.864. The molecule has 0 fully saturated rings. The van der Waals surface area contributed by atoms with Gasteiger partial charge in [-0.3, -0.25) is 0 Å². The summed E-state index contributed by atoms with van der Waals surface area (Å²) in [6.07, 6.45) is 0. The molecule has 2 heterocycles. The molecule has 8 aromatic carbocycles. The lowest BCUT2D eigenvalue weighted by Gasteiger charge is -2.27. The van der Waals surface area contributed by atoms with Crippen LogP contribution in [0.1, 0.15) is 0 Å². The van der Waals surface area contributed by atoms with Crippen molar-refractivity contribution >= 4 is 70.5 Å². The van der Waals surface area contributed by atoms with Crippen molar-refractivity contribution in [3.8, 4) is 33.4 Å². The van der Waals surface area contributed by atoms with E-state index in [1.54, 1.807) is 0 Å². The van der Waals surface area contributed by atoms with Crippen molar-refractivity contribution < 1.29 is 4.42 Å². The average molecular weight is 670 g/mol. The van der Waals surface area contributed by atoms with Crippen molar-refractivity contribution in [1.29, 1.82) is 0 Å². The number of rotatable bonds is 6. The van der Waals surface area contributed by atoms with Crippen molar-refractivity contribution in [2.75, 3.05) is 4.90 Å². The van der Waals surface area contributed by atoms with Gasteiger partial charge in [0.25, 0.3) is 0 Å². The van der Waals surface area contributed by atoms with Gasteiger partial charge in [-0.15, -0.1) is 11.3 Å². The molecule has 0 aliphatic rings. The summed E-state index contributed by atoms with van der Waals surface area (Å²) in [7, 11) is 0. The zero-order valence-electron chi connectivity index (χ0n) is 27.7. The monoisotopic (exact) mass is 669 g/mol. The van der Waals surface area contributed by atoms with Gasteiger partial charge < -0.3 is 9.32 Å². The third-order valence-electron chi connectivity index (χ3n) is 9.85. The van der Waals surface area contributed by atoms with Crippen molar-refractivity contribution in [2.45, 2.75) is 0 Å². The number of para-hydroxylation sites is 2. The van der Waals surface area contributed by atoms with Crippen LogP contribution in [0.2, 0.25) is 0 Å². The van der Waals surface area contributed by atoms with Crippen LogP contribution in [-0.4, -0.2) is 0 Å². The first-order chi connectivity index (χ1) is 25.3. The van der Waals surface area contributed by atoms with Gasteiger partial charge >= 0.3 is 0 Å². The number of hydrogen-bond donors (Lipinski definition) is 0. The van der Waals surface area contributed by atoms with Crippen LogP contribution in [-0.2, 0) is 0 Å². The van der Waals surface area contributed by atoms with Crippen molar-refractivity contribution in [3.63, 3.8) is 0 Å². The fourth-order valence-corrected chi connectivity index (χ4v) is 8.61. The number of benzene rings is 8. The van der Waals surface area contributed by atoms with Crippen LogP contribution in [0.5, 0.6) is 0 Å². The standard InChI is InChI=1S/C48H31NOS/c1-3-13-32(14-4-1)34-25-27-37(28-26-34)49(43-21-11-20-41-40-17-7-9-22-44(40)50-48(41)43)38-30-35(33-15-5-2-6-16-33)29-36(31-38)39-19-12-24-46-47(39)42-18-8-10-23-45(42)51-46/h1-31H. The van der Waals surface area contributed by atoms with Crippen molar-refractivity contribution in [3.05, 3.63) is 188 Å². The Morgan fingerprint density at radius 3 is 1.80 bits per heavy atom. The molecule has 0 saturated heterocycles. The van der Waals surface area contributed by atoms with Crippen molar-refractivity contribution in [2.24, 2.45) is 0 Å². The van der Waals surface area contributed by atoms with E-state index in [1.807, 2.05) is 17.4 Å². The lowest BCUT2D eigenvalue weighted by Crippen LogP contribution is -2.10. The molecule has 0 unspecified atom stereocenters. The number of nitrogens with zero attached hydrogens (tertiary/aromatic N) is 1. The second-order valence-corrected chi connectivity index (χ2v) is 14.0. The molecular formula is C48H31NOS. The van der Waals surface area contributed by atoms with Gasteiger partial charge in [-0.25, -0.2) is 0 Å².